The van der Waals surface area contributed by atoms with E-state index in [9.17, 15) is 4.79 Å². The normalized spacial score (nSPS) is 10.9. The smallest absolute Gasteiger partial charge is 0.217 e. The number of anilines is 1. The van der Waals surface area contributed by atoms with Gasteiger partial charge in [0, 0.05) is 17.8 Å². The highest BCUT2D eigenvalue weighted by Gasteiger charge is 2.11. The van der Waals surface area contributed by atoms with Gasteiger partial charge in [0.05, 0.1) is 5.39 Å². The van der Waals surface area contributed by atoms with Crippen LogP contribution in [0, 0.1) is 6.92 Å². The highest BCUT2D eigenvalue weighted by Crippen LogP contribution is 2.35. The Kier molecular flexibility index (Phi) is 5.05. The molecule has 0 spiro atoms. The molecule has 0 radical (unpaired) electrons. The first kappa shape index (κ1) is 16.4. The van der Waals surface area contributed by atoms with Crippen LogP contribution in [0.3, 0.4) is 0 Å². The maximum Gasteiger partial charge on any atom is 0.217 e. The standard InChI is InChI=1S/C18H20N4OS/c1-12-21-17(20-10-6-5-9-16(19)23)14-11-15(24-18(14)22-12)13-7-3-2-4-8-13/h2-4,7-8,11H,5-6,9-10H2,1H3,(H2,19,23)(H,20,21,22). The van der Waals surface area contributed by atoms with Crippen LogP contribution in [0.15, 0.2) is 36.4 Å². The summed E-state index contributed by atoms with van der Waals surface area (Å²) in [4.78, 5) is 22.0. The lowest BCUT2D eigenvalue weighted by Gasteiger charge is -2.07. The number of primary amides is 1. The number of nitrogens with zero attached hydrogens (tertiary/aromatic N) is 2. The maximum absolute atomic E-state index is 10.8. The van der Waals surface area contributed by atoms with Gasteiger partial charge in [0.2, 0.25) is 5.91 Å². The third-order valence-electron chi connectivity index (χ3n) is 3.71. The average molecular weight is 340 g/mol. The molecule has 0 saturated carbocycles. The van der Waals surface area contributed by atoms with E-state index in [1.165, 1.54) is 10.4 Å². The summed E-state index contributed by atoms with van der Waals surface area (Å²) in [6.45, 7) is 2.66. The first-order chi connectivity index (χ1) is 11.6. The summed E-state index contributed by atoms with van der Waals surface area (Å²) in [7, 11) is 0. The molecule has 0 aliphatic carbocycles. The van der Waals surface area contributed by atoms with Crippen LogP contribution < -0.4 is 11.1 Å². The van der Waals surface area contributed by atoms with Crippen molar-refractivity contribution < 1.29 is 4.79 Å². The number of hydrogen-bond donors (Lipinski definition) is 2. The van der Waals surface area contributed by atoms with Crippen molar-refractivity contribution in [2.75, 3.05) is 11.9 Å². The number of unbranched alkanes of at least 4 members (excludes halogenated alkanes) is 1. The number of fused-ring (bicyclic) bond motifs is 1. The van der Waals surface area contributed by atoms with Gasteiger partial charge in [-0.05, 0) is 31.4 Å². The Morgan fingerprint density at radius 3 is 2.75 bits per heavy atom. The molecule has 1 aromatic carbocycles. The fourth-order valence-electron chi connectivity index (χ4n) is 2.54. The quantitative estimate of drug-likeness (QED) is 0.642. The molecule has 6 heteroatoms. The molecule has 0 aliphatic rings. The zero-order valence-corrected chi connectivity index (χ0v) is 14.4. The summed E-state index contributed by atoms with van der Waals surface area (Å²) in [5.41, 5.74) is 6.35. The third-order valence-corrected chi connectivity index (χ3v) is 4.78. The van der Waals surface area contributed by atoms with Crippen LogP contribution in [0.1, 0.15) is 25.1 Å². The molecule has 0 saturated heterocycles. The maximum atomic E-state index is 10.8. The Morgan fingerprint density at radius 1 is 1.21 bits per heavy atom. The number of nitrogens with one attached hydrogen (secondary N) is 1. The molecule has 2 aromatic heterocycles. The Hall–Kier alpha value is -2.47. The molecule has 5 nitrogen and oxygen atoms in total. The number of benzene rings is 1. The third kappa shape index (κ3) is 3.89. The zero-order valence-electron chi connectivity index (χ0n) is 13.6. The molecule has 2 heterocycles. The second-order valence-corrected chi connectivity index (χ2v) is 6.70. The van der Waals surface area contributed by atoms with Crippen molar-refractivity contribution in [1.82, 2.24) is 9.97 Å². The van der Waals surface area contributed by atoms with E-state index in [1.54, 1.807) is 11.3 Å². The number of aromatic nitrogens is 2. The molecule has 1 amide bonds. The van der Waals surface area contributed by atoms with Crippen molar-refractivity contribution in [3.63, 3.8) is 0 Å². The average Bonchev–Trinajstić information content (AvgIpc) is 2.99. The predicted octanol–water partition coefficient (Wildman–Crippen LogP) is 3.73. The van der Waals surface area contributed by atoms with Crippen LogP contribution in [0.4, 0.5) is 5.82 Å². The number of rotatable bonds is 7. The van der Waals surface area contributed by atoms with Crippen LogP contribution in [-0.4, -0.2) is 22.4 Å². The van der Waals surface area contributed by atoms with Crippen molar-refractivity contribution >= 4 is 33.3 Å². The van der Waals surface area contributed by atoms with Crippen LogP contribution in [0.2, 0.25) is 0 Å². The van der Waals surface area contributed by atoms with Crippen LogP contribution in [0.5, 0.6) is 0 Å². The number of amides is 1. The fourth-order valence-corrected chi connectivity index (χ4v) is 3.62. The zero-order chi connectivity index (χ0) is 16.9. The Balaban J connectivity index is 1.80. The number of aryl methyl sites for hydroxylation is 1. The first-order valence-electron chi connectivity index (χ1n) is 7.99. The Morgan fingerprint density at radius 2 is 2.00 bits per heavy atom. The molecule has 3 aromatic rings. The number of carbonyl (C=O) groups is 1. The van der Waals surface area contributed by atoms with Crippen LogP contribution >= 0.6 is 11.3 Å². The molecule has 0 unspecified atom stereocenters. The van der Waals surface area contributed by atoms with Crippen LogP contribution in [0.25, 0.3) is 20.7 Å². The largest absolute Gasteiger partial charge is 0.370 e. The lowest BCUT2D eigenvalue weighted by molar-refractivity contribution is -0.118. The van der Waals surface area contributed by atoms with Gasteiger partial charge in [-0.2, -0.15) is 0 Å². The van der Waals surface area contributed by atoms with E-state index >= 15 is 0 Å². The fraction of sp³-hybridized carbons (Fsp3) is 0.278. The summed E-state index contributed by atoms with van der Waals surface area (Å²) in [5, 5.41) is 4.41. The van der Waals surface area contributed by atoms with Crippen molar-refractivity contribution in [2.45, 2.75) is 26.2 Å². The number of nitrogens with two attached hydrogens (primary N) is 1. The van der Waals surface area contributed by atoms with E-state index in [0.29, 0.717) is 6.42 Å². The van der Waals surface area contributed by atoms with Crippen molar-refractivity contribution in [1.29, 1.82) is 0 Å². The van der Waals surface area contributed by atoms with Gasteiger partial charge in [0.25, 0.3) is 0 Å². The summed E-state index contributed by atoms with van der Waals surface area (Å²) >= 11 is 1.67. The lowest BCUT2D eigenvalue weighted by atomic mass is 10.2. The van der Waals surface area contributed by atoms with Gasteiger partial charge in [-0.25, -0.2) is 9.97 Å². The molecular formula is C18H20N4OS. The lowest BCUT2D eigenvalue weighted by Crippen LogP contribution is -2.11. The van der Waals surface area contributed by atoms with E-state index in [4.69, 9.17) is 5.73 Å². The van der Waals surface area contributed by atoms with Gasteiger partial charge < -0.3 is 11.1 Å². The van der Waals surface area contributed by atoms with Crippen molar-refractivity contribution in [3.8, 4) is 10.4 Å². The molecule has 3 N–H and O–H groups in total. The molecule has 3 rings (SSSR count). The molecule has 24 heavy (non-hydrogen) atoms. The number of hydrogen-bond acceptors (Lipinski definition) is 5. The van der Waals surface area contributed by atoms with Crippen LogP contribution in [-0.2, 0) is 4.79 Å². The van der Waals surface area contributed by atoms with Crippen molar-refractivity contribution in [3.05, 3.63) is 42.2 Å². The first-order valence-corrected chi connectivity index (χ1v) is 8.81. The summed E-state index contributed by atoms with van der Waals surface area (Å²) in [5.74, 6) is 1.36. The molecule has 0 atom stereocenters. The highest BCUT2D eigenvalue weighted by molar-refractivity contribution is 7.21. The van der Waals surface area contributed by atoms with Gasteiger partial charge in [-0.1, -0.05) is 30.3 Å². The highest BCUT2D eigenvalue weighted by atomic mass is 32.1. The second kappa shape index (κ2) is 7.40. The summed E-state index contributed by atoms with van der Waals surface area (Å²) in [6, 6.07) is 12.4. The molecule has 0 aliphatic heterocycles. The number of carbonyl (C=O) groups excluding carboxylic acids is 1. The van der Waals surface area contributed by atoms with E-state index in [2.05, 4.69) is 33.5 Å². The minimum atomic E-state index is -0.249. The molecule has 124 valence electrons. The van der Waals surface area contributed by atoms with E-state index in [0.717, 1.165) is 41.2 Å². The van der Waals surface area contributed by atoms with Gasteiger partial charge in [-0.15, -0.1) is 11.3 Å². The monoisotopic (exact) mass is 340 g/mol. The topological polar surface area (TPSA) is 80.9 Å². The molecular weight excluding hydrogens is 320 g/mol. The molecule has 0 fully saturated rings. The Labute approximate surface area is 144 Å². The van der Waals surface area contributed by atoms with Crippen molar-refractivity contribution in [2.24, 2.45) is 5.73 Å². The van der Waals surface area contributed by atoms with E-state index < -0.39 is 0 Å². The predicted molar refractivity (Wildman–Crippen MR) is 99.1 cm³/mol. The minimum absolute atomic E-state index is 0.249. The molecule has 0 bridgehead atoms. The summed E-state index contributed by atoms with van der Waals surface area (Å²) in [6.07, 6.45) is 2.09. The number of thiophene rings is 1. The van der Waals surface area contributed by atoms with E-state index in [-0.39, 0.29) is 5.91 Å². The van der Waals surface area contributed by atoms with Gasteiger partial charge >= 0.3 is 0 Å². The summed E-state index contributed by atoms with van der Waals surface area (Å²) < 4.78 is 0. The Bertz CT molecular complexity index is 845. The van der Waals surface area contributed by atoms with Gasteiger partial charge in [-0.3, -0.25) is 4.79 Å². The SMILES string of the molecule is Cc1nc(NCCCCC(N)=O)c2cc(-c3ccccc3)sc2n1. The van der Waals surface area contributed by atoms with E-state index in [1.807, 2.05) is 25.1 Å². The second-order valence-electron chi connectivity index (χ2n) is 5.67. The minimum Gasteiger partial charge on any atom is -0.370 e. The van der Waals surface area contributed by atoms with Gasteiger partial charge in [0.1, 0.15) is 16.5 Å². The van der Waals surface area contributed by atoms with Gasteiger partial charge in [0.15, 0.2) is 0 Å².